The van der Waals surface area contributed by atoms with Gasteiger partial charge in [-0.25, -0.2) is 4.98 Å². The van der Waals surface area contributed by atoms with Crippen LogP contribution in [-0.2, 0) is 11.2 Å². The lowest BCUT2D eigenvalue weighted by Gasteiger charge is -2.24. The molecule has 0 bridgehead atoms. The van der Waals surface area contributed by atoms with Crippen molar-refractivity contribution in [3.63, 3.8) is 0 Å². The van der Waals surface area contributed by atoms with Gasteiger partial charge >= 0.3 is 5.97 Å². The highest BCUT2D eigenvalue weighted by Gasteiger charge is 2.57. The zero-order chi connectivity index (χ0) is 12.2. The Morgan fingerprint density at radius 3 is 2.59 bits per heavy atom. The standard InChI is InChI=1S/C13H17NO2S/c1-7-8(2)17-11(14-7)6-13(12(15)16)4-9-3-10(9)5-13/h9-10H,3-6H2,1-2H3,(H,15,16). The Hall–Kier alpha value is -0.900. The molecule has 0 aliphatic heterocycles. The van der Waals surface area contributed by atoms with Crippen molar-refractivity contribution in [2.75, 3.05) is 0 Å². The predicted octanol–water partition coefficient (Wildman–Crippen LogP) is 2.80. The highest BCUT2D eigenvalue weighted by Crippen LogP contribution is 2.61. The molecule has 2 atom stereocenters. The summed E-state index contributed by atoms with van der Waals surface area (Å²) in [5, 5.41) is 10.5. The minimum atomic E-state index is -0.616. The topological polar surface area (TPSA) is 50.2 Å². The molecule has 2 aliphatic carbocycles. The number of aliphatic carboxylic acids is 1. The summed E-state index contributed by atoms with van der Waals surface area (Å²) in [6.07, 6.45) is 3.62. The molecule has 2 aliphatic rings. The average molecular weight is 251 g/mol. The first-order valence-corrected chi connectivity index (χ1v) is 6.98. The molecule has 3 nitrogen and oxygen atoms in total. The molecule has 0 radical (unpaired) electrons. The molecule has 1 aromatic heterocycles. The minimum absolute atomic E-state index is 0.510. The summed E-state index contributed by atoms with van der Waals surface area (Å²) >= 11 is 1.66. The fourth-order valence-corrected chi connectivity index (χ4v) is 4.27. The van der Waals surface area contributed by atoms with Gasteiger partial charge in [-0.2, -0.15) is 0 Å². The van der Waals surface area contributed by atoms with Gasteiger partial charge in [-0.05, 0) is 44.9 Å². The van der Waals surface area contributed by atoms with Gasteiger partial charge in [0.25, 0.3) is 0 Å². The summed E-state index contributed by atoms with van der Waals surface area (Å²) in [5.41, 5.74) is 0.540. The van der Waals surface area contributed by atoms with E-state index in [4.69, 9.17) is 0 Å². The van der Waals surface area contributed by atoms with Gasteiger partial charge in [-0.3, -0.25) is 4.79 Å². The monoisotopic (exact) mass is 251 g/mol. The fourth-order valence-electron chi connectivity index (χ4n) is 3.20. The molecule has 1 heterocycles. The van der Waals surface area contributed by atoms with Crippen molar-refractivity contribution in [2.45, 2.75) is 39.5 Å². The van der Waals surface area contributed by atoms with Gasteiger partial charge in [-0.1, -0.05) is 0 Å². The normalized spacial score (nSPS) is 34.7. The lowest BCUT2D eigenvalue weighted by atomic mass is 9.80. The van der Waals surface area contributed by atoms with E-state index in [0.29, 0.717) is 18.3 Å². The number of aryl methyl sites for hydroxylation is 2. The van der Waals surface area contributed by atoms with Crippen LogP contribution in [0.4, 0.5) is 0 Å². The maximum absolute atomic E-state index is 11.6. The molecule has 2 fully saturated rings. The highest BCUT2D eigenvalue weighted by molar-refractivity contribution is 7.11. The molecule has 1 aromatic rings. The van der Waals surface area contributed by atoms with Gasteiger partial charge in [0.05, 0.1) is 16.1 Å². The van der Waals surface area contributed by atoms with Crippen molar-refractivity contribution in [3.05, 3.63) is 15.6 Å². The average Bonchev–Trinajstić information content (AvgIpc) is 2.73. The third kappa shape index (κ3) is 1.79. The number of carbonyl (C=O) groups is 1. The van der Waals surface area contributed by atoms with Crippen LogP contribution in [0.1, 0.15) is 34.8 Å². The second-order valence-electron chi connectivity index (χ2n) is 5.68. The highest BCUT2D eigenvalue weighted by atomic mass is 32.1. The number of thiazole rings is 1. The zero-order valence-corrected chi connectivity index (χ0v) is 11.0. The van der Waals surface area contributed by atoms with Crippen molar-refractivity contribution < 1.29 is 9.90 Å². The maximum Gasteiger partial charge on any atom is 0.310 e. The van der Waals surface area contributed by atoms with Crippen LogP contribution in [0.2, 0.25) is 0 Å². The number of hydrogen-bond donors (Lipinski definition) is 1. The predicted molar refractivity (Wildman–Crippen MR) is 66.2 cm³/mol. The molecule has 0 spiro atoms. The lowest BCUT2D eigenvalue weighted by Crippen LogP contribution is -2.31. The SMILES string of the molecule is Cc1nc(CC2(C(=O)O)CC3CC3C2)sc1C. The molecule has 3 rings (SSSR count). The van der Waals surface area contributed by atoms with E-state index >= 15 is 0 Å². The van der Waals surface area contributed by atoms with Crippen molar-refractivity contribution in [3.8, 4) is 0 Å². The van der Waals surface area contributed by atoms with E-state index < -0.39 is 11.4 Å². The van der Waals surface area contributed by atoms with Gasteiger partial charge in [0.1, 0.15) is 0 Å². The second-order valence-corrected chi connectivity index (χ2v) is 6.96. The molecular weight excluding hydrogens is 234 g/mol. The van der Waals surface area contributed by atoms with E-state index in [-0.39, 0.29) is 0 Å². The first-order chi connectivity index (χ1) is 8.00. The van der Waals surface area contributed by atoms with Crippen LogP contribution in [0.5, 0.6) is 0 Å². The molecule has 0 aromatic carbocycles. The van der Waals surface area contributed by atoms with Crippen LogP contribution < -0.4 is 0 Å². The first kappa shape index (κ1) is 11.2. The van der Waals surface area contributed by atoms with E-state index in [1.165, 1.54) is 11.3 Å². The first-order valence-electron chi connectivity index (χ1n) is 6.16. The molecule has 0 amide bonds. The van der Waals surface area contributed by atoms with Crippen molar-refractivity contribution in [1.82, 2.24) is 4.98 Å². The van der Waals surface area contributed by atoms with Crippen LogP contribution in [0, 0.1) is 31.1 Å². The molecule has 1 N–H and O–H groups in total. The number of fused-ring (bicyclic) bond motifs is 1. The third-order valence-corrected chi connectivity index (χ3v) is 5.46. The number of aromatic nitrogens is 1. The van der Waals surface area contributed by atoms with Crippen LogP contribution in [-0.4, -0.2) is 16.1 Å². The Kier molecular flexibility index (Phi) is 2.34. The molecule has 4 heteroatoms. The Labute approximate surface area is 105 Å². The summed E-state index contributed by atoms with van der Waals surface area (Å²) in [6.45, 7) is 4.05. The molecule has 2 unspecified atom stereocenters. The quantitative estimate of drug-likeness (QED) is 0.898. The fraction of sp³-hybridized carbons (Fsp3) is 0.692. The van der Waals surface area contributed by atoms with E-state index in [0.717, 1.165) is 23.5 Å². The summed E-state index contributed by atoms with van der Waals surface area (Å²) in [4.78, 5) is 17.3. The van der Waals surface area contributed by atoms with Gasteiger partial charge in [0, 0.05) is 11.3 Å². The van der Waals surface area contributed by atoms with E-state index in [2.05, 4.69) is 11.9 Å². The molecular formula is C13H17NO2S. The number of carboxylic acid groups (broad SMARTS) is 1. The van der Waals surface area contributed by atoms with E-state index in [1.54, 1.807) is 11.3 Å². The zero-order valence-electron chi connectivity index (χ0n) is 10.2. The Morgan fingerprint density at radius 2 is 2.12 bits per heavy atom. The summed E-state index contributed by atoms with van der Waals surface area (Å²) in [6, 6.07) is 0. The second kappa shape index (κ2) is 3.55. The number of nitrogens with zero attached hydrogens (tertiary/aromatic N) is 1. The Morgan fingerprint density at radius 1 is 1.47 bits per heavy atom. The van der Waals surface area contributed by atoms with E-state index in [1.807, 2.05) is 6.92 Å². The summed E-state index contributed by atoms with van der Waals surface area (Å²) in [7, 11) is 0. The van der Waals surface area contributed by atoms with Gasteiger partial charge < -0.3 is 5.11 Å². The van der Waals surface area contributed by atoms with Crippen molar-refractivity contribution >= 4 is 17.3 Å². The number of rotatable bonds is 3. The Balaban J connectivity index is 1.84. The largest absolute Gasteiger partial charge is 0.481 e. The van der Waals surface area contributed by atoms with Crippen LogP contribution in [0.15, 0.2) is 0 Å². The lowest BCUT2D eigenvalue weighted by molar-refractivity contribution is -0.149. The van der Waals surface area contributed by atoms with Gasteiger partial charge in [-0.15, -0.1) is 11.3 Å². The Bertz CT molecular complexity index is 450. The maximum atomic E-state index is 11.6. The van der Waals surface area contributed by atoms with E-state index in [9.17, 15) is 9.90 Å². The summed E-state index contributed by atoms with van der Waals surface area (Å²) < 4.78 is 0. The van der Waals surface area contributed by atoms with Crippen molar-refractivity contribution in [2.24, 2.45) is 17.3 Å². The summed E-state index contributed by atoms with van der Waals surface area (Å²) in [5.74, 6) is 0.761. The van der Waals surface area contributed by atoms with Gasteiger partial charge in [0.15, 0.2) is 0 Å². The van der Waals surface area contributed by atoms with Crippen LogP contribution in [0.3, 0.4) is 0 Å². The molecule has 0 saturated heterocycles. The van der Waals surface area contributed by atoms with Crippen LogP contribution in [0.25, 0.3) is 0 Å². The molecule has 2 saturated carbocycles. The smallest absolute Gasteiger partial charge is 0.310 e. The minimum Gasteiger partial charge on any atom is -0.481 e. The van der Waals surface area contributed by atoms with Crippen LogP contribution >= 0.6 is 11.3 Å². The molecule has 17 heavy (non-hydrogen) atoms. The number of carboxylic acids is 1. The van der Waals surface area contributed by atoms with Gasteiger partial charge in [0.2, 0.25) is 0 Å². The number of hydrogen-bond acceptors (Lipinski definition) is 3. The molecule has 92 valence electrons. The van der Waals surface area contributed by atoms with Crippen molar-refractivity contribution in [1.29, 1.82) is 0 Å². The third-order valence-electron chi connectivity index (χ3n) is 4.39.